The van der Waals surface area contributed by atoms with Gasteiger partial charge in [0.25, 0.3) is 0 Å². The third kappa shape index (κ3) is 4.85. The Labute approximate surface area is 167 Å². The highest BCUT2D eigenvalue weighted by Crippen LogP contribution is 2.33. The van der Waals surface area contributed by atoms with Crippen LogP contribution in [0.2, 0.25) is 0 Å². The lowest BCUT2D eigenvalue weighted by Crippen LogP contribution is -2.27. The van der Waals surface area contributed by atoms with Crippen molar-refractivity contribution in [3.8, 4) is 5.75 Å². The molecule has 152 valence electrons. The van der Waals surface area contributed by atoms with E-state index in [0.717, 1.165) is 6.07 Å². The minimum absolute atomic E-state index is 0.0190. The lowest BCUT2D eigenvalue weighted by Gasteiger charge is -2.23. The van der Waals surface area contributed by atoms with Crippen LogP contribution in [-0.2, 0) is 4.79 Å². The highest BCUT2D eigenvalue weighted by Gasteiger charge is 2.29. The molecule has 1 heterocycles. The molecule has 2 aromatic rings. The molecule has 4 nitrogen and oxygen atoms in total. The first-order valence-electron chi connectivity index (χ1n) is 9.15. The SMILES string of the molecule is C=C(CCC(=O)N1N=CCC1c1cc(F)cc(F)c1)C(F)c1cccc(OC)c1. The standard InChI is InChI=1S/C22H21F3N2O2/c1-14(22(25)15-4-3-5-19(12-15)29-2)6-7-21(28)27-20(8-9-26-27)16-10-17(23)13-18(24)11-16/h3-5,9-13,20,22H,1,6-8H2,2H3. The van der Waals surface area contributed by atoms with Gasteiger partial charge < -0.3 is 4.74 Å². The molecule has 1 amide bonds. The van der Waals surface area contributed by atoms with E-state index in [1.807, 2.05) is 0 Å². The second-order valence-electron chi connectivity index (χ2n) is 6.79. The summed E-state index contributed by atoms with van der Waals surface area (Å²) < 4.78 is 46.8. The van der Waals surface area contributed by atoms with Crippen LogP contribution in [-0.4, -0.2) is 24.2 Å². The molecule has 0 aromatic heterocycles. The molecule has 0 bridgehead atoms. The van der Waals surface area contributed by atoms with Crippen LogP contribution in [0, 0.1) is 11.6 Å². The van der Waals surface area contributed by atoms with E-state index >= 15 is 0 Å². The molecule has 0 N–H and O–H groups in total. The summed E-state index contributed by atoms with van der Waals surface area (Å²) in [5.41, 5.74) is 0.976. The number of nitrogens with zero attached hydrogens (tertiary/aromatic N) is 2. The predicted octanol–water partition coefficient (Wildman–Crippen LogP) is 5.28. The Kier molecular flexibility index (Phi) is 6.36. The second kappa shape index (κ2) is 8.94. The zero-order chi connectivity index (χ0) is 21.0. The summed E-state index contributed by atoms with van der Waals surface area (Å²) in [6.45, 7) is 3.76. The van der Waals surface area contributed by atoms with Gasteiger partial charge in [-0.25, -0.2) is 18.2 Å². The number of hydrogen-bond donors (Lipinski definition) is 0. The van der Waals surface area contributed by atoms with Gasteiger partial charge in [0.2, 0.25) is 5.91 Å². The van der Waals surface area contributed by atoms with Gasteiger partial charge in [-0.2, -0.15) is 5.10 Å². The van der Waals surface area contributed by atoms with Gasteiger partial charge in [0, 0.05) is 25.1 Å². The topological polar surface area (TPSA) is 41.9 Å². The van der Waals surface area contributed by atoms with Crippen molar-refractivity contribution in [2.24, 2.45) is 5.10 Å². The molecule has 7 heteroatoms. The molecule has 0 saturated heterocycles. The van der Waals surface area contributed by atoms with Crippen molar-refractivity contribution in [3.05, 3.63) is 77.4 Å². The summed E-state index contributed by atoms with van der Waals surface area (Å²) in [5.74, 6) is -1.27. The summed E-state index contributed by atoms with van der Waals surface area (Å²) in [6, 6.07) is 9.15. The monoisotopic (exact) mass is 402 g/mol. The van der Waals surface area contributed by atoms with Gasteiger partial charge in [-0.05, 0) is 47.4 Å². The van der Waals surface area contributed by atoms with Crippen LogP contribution >= 0.6 is 0 Å². The van der Waals surface area contributed by atoms with Gasteiger partial charge in [-0.3, -0.25) is 4.79 Å². The first-order chi connectivity index (χ1) is 13.9. The molecular formula is C22H21F3N2O2. The fourth-order valence-electron chi connectivity index (χ4n) is 3.24. The van der Waals surface area contributed by atoms with Crippen molar-refractivity contribution < 1.29 is 22.7 Å². The largest absolute Gasteiger partial charge is 0.497 e. The second-order valence-corrected chi connectivity index (χ2v) is 6.79. The number of hydrogen-bond acceptors (Lipinski definition) is 3. The van der Waals surface area contributed by atoms with E-state index in [1.54, 1.807) is 24.3 Å². The molecule has 0 aliphatic carbocycles. The molecular weight excluding hydrogens is 381 g/mol. The molecule has 0 spiro atoms. The lowest BCUT2D eigenvalue weighted by atomic mass is 9.99. The maximum atomic E-state index is 14.7. The molecule has 2 atom stereocenters. The van der Waals surface area contributed by atoms with E-state index in [0.29, 0.717) is 23.3 Å². The lowest BCUT2D eigenvalue weighted by molar-refractivity contribution is -0.133. The fraction of sp³-hybridized carbons (Fsp3) is 0.273. The Bertz CT molecular complexity index is 925. The number of ether oxygens (including phenoxy) is 1. The molecule has 1 aliphatic heterocycles. The molecule has 2 aromatic carbocycles. The van der Waals surface area contributed by atoms with E-state index in [1.165, 1.54) is 30.5 Å². The van der Waals surface area contributed by atoms with Crippen molar-refractivity contribution >= 4 is 12.1 Å². The zero-order valence-electron chi connectivity index (χ0n) is 15.9. The summed E-state index contributed by atoms with van der Waals surface area (Å²) in [6.07, 6.45) is 0.537. The van der Waals surface area contributed by atoms with E-state index < -0.39 is 23.8 Å². The van der Waals surface area contributed by atoms with E-state index in [4.69, 9.17) is 4.74 Å². The number of allylic oxidation sites excluding steroid dienone is 1. The van der Waals surface area contributed by atoms with Gasteiger partial charge in [-0.15, -0.1) is 0 Å². The number of rotatable bonds is 7. The van der Waals surface area contributed by atoms with E-state index in [-0.39, 0.29) is 24.3 Å². The van der Waals surface area contributed by atoms with Gasteiger partial charge in [0.05, 0.1) is 13.2 Å². The van der Waals surface area contributed by atoms with Crippen LogP contribution in [0.15, 0.2) is 59.7 Å². The molecule has 0 radical (unpaired) electrons. The average Bonchev–Trinajstić information content (AvgIpc) is 3.20. The zero-order valence-corrected chi connectivity index (χ0v) is 15.9. The van der Waals surface area contributed by atoms with Crippen molar-refractivity contribution in [1.82, 2.24) is 5.01 Å². The number of benzene rings is 2. The molecule has 1 aliphatic rings. The minimum Gasteiger partial charge on any atom is -0.497 e. The van der Waals surface area contributed by atoms with Crippen LogP contribution in [0.3, 0.4) is 0 Å². The van der Waals surface area contributed by atoms with E-state index in [9.17, 15) is 18.0 Å². The van der Waals surface area contributed by atoms with Crippen molar-refractivity contribution in [2.45, 2.75) is 31.5 Å². The Morgan fingerprint density at radius 1 is 1.24 bits per heavy atom. The first kappa shape index (κ1) is 20.6. The number of carbonyl (C=O) groups is 1. The first-order valence-corrected chi connectivity index (χ1v) is 9.15. The molecule has 2 unspecified atom stereocenters. The van der Waals surface area contributed by atoms with Gasteiger partial charge in [-0.1, -0.05) is 18.7 Å². The van der Waals surface area contributed by atoms with Crippen LogP contribution in [0.4, 0.5) is 13.2 Å². The molecule has 3 rings (SSSR count). The number of amides is 1. The van der Waals surface area contributed by atoms with Crippen molar-refractivity contribution in [1.29, 1.82) is 0 Å². The third-order valence-electron chi connectivity index (χ3n) is 4.76. The smallest absolute Gasteiger partial charge is 0.243 e. The quantitative estimate of drug-likeness (QED) is 0.592. The van der Waals surface area contributed by atoms with Crippen molar-refractivity contribution in [2.75, 3.05) is 7.11 Å². The number of hydrazone groups is 1. The molecule has 0 fully saturated rings. The Morgan fingerprint density at radius 2 is 1.97 bits per heavy atom. The molecule has 29 heavy (non-hydrogen) atoms. The van der Waals surface area contributed by atoms with Crippen molar-refractivity contribution in [3.63, 3.8) is 0 Å². The van der Waals surface area contributed by atoms with Crippen LogP contribution in [0.5, 0.6) is 5.75 Å². The van der Waals surface area contributed by atoms with Gasteiger partial charge in [0.15, 0.2) is 0 Å². The molecule has 0 saturated carbocycles. The highest BCUT2D eigenvalue weighted by atomic mass is 19.1. The van der Waals surface area contributed by atoms with E-state index in [2.05, 4.69) is 11.7 Å². The number of alkyl halides is 1. The normalized spacial score (nSPS) is 16.7. The van der Waals surface area contributed by atoms with Crippen LogP contribution < -0.4 is 4.74 Å². The maximum absolute atomic E-state index is 14.7. The Balaban J connectivity index is 1.63. The fourth-order valence-corrected chi connectivity index (χ4v) is 3.24. The maximum Gasteiger partial charge on any atom is 0.243 e. The number of methoxy groups -OCH3 is 1. The van der Waals surface area contributed by atoms with Crippen LogP contribution in [0.1, 0.15) is 42.6 Å². The number of carbonyl (C=O) groups excluding carboxylic acids is 1. The van der Waals surface area contributed by atoms with Crippen LogP contribution in [0.25, 0.3) is 0 Å². The summed E-state index contributed by atoms with van der Waals surface area (Å²) >= 11 is 0. The predicted molar refractivity (Wildman–Crippen MR) is 104 cm³/mol. The Hall–Kier alpha value is -3.09. The number of halogens is 3. The highest BCUT2D eigenvalue weighted by molar-refractivity contribution is 5.80. The summed E-state index contributed by atoms with van der Waals surface area (Å²) in [4.78, 5) is 12.6. The van der Waals surface area contributed by atoms with Gasteiger partial charge >= 0.3 is 0 Å². The summed E-state index contributed by atoms with van der Waals surface area (Å²) in [5, 5.41) is 5.23. The third-order valence-corrected chi connectivity index (χ3v) is 4.76. The average molecular weight is 402 g/mol. The Morgan fingerprint density at radius 3 is 2.66 bits per heavy atom. The summed E-state index contributed by atoms with van der Waals surface area (Å²) in [7, 11) is 1.50. The van der Waals surface area contributed by atoms with Gasteiger partial charge in [0.1, 0.15) is 23.6 Å². The minimum atomic E-state index is -1.44.